The van der Waals surface area contributed by atoms with E-state index in [0.29, 0.717) is 17.7 Å². The highest BCUT2D eigenvalue weighted by Crippen LogP contribution is 2.38. The number of carbonyl (C=O) groups excluding carboxylic acids is 1. The van der Waals surface area contributed by atoms with E-state index >= 15 is 0 Å². The van der Waals surface area contributed by atoms with Gasteiger partial charge in [-0.1, -0.05) is 5.16 Å². The molecule has 0 aliphatic carbocycles. The molecule has 156 valence electrons. The molecule has 0 radical (unpaired) electrons. The fourth-order valence-corrected chi connectivity index (χ4v) is 3.71. The smallest absolute Gasteiger partial charge is 0.227 e. The summed E-state index contributed by atoms with van der Waals surface area (Å²) in [7, 11) is 0. The molecule has 1 atom stereocenters. The lowest BCUT2D eigenvalue weighted by Crippen LogP contribution is -2.39. The number of carbonyl (C=O) groups is 1. The molecule has 4 nitrogen and oxygen atoms in total. The molecular formula is C21H15F5N2O2. The van der Waals surface area contributed by atoms with Gasteiger partial charge in [0.05, 0.1) is 23.7 Å². The molecule has 1 aliphatic heterocycles. The number of benzene rings is 2. The predicted molar refractivity (Wildman–Crippen MR) is 95.7 cm³/mol. The van der Waals surface area contributed by atoms with Crippen molar-refractivity contribution in [1.82, 2.24) is 10.1 Å². The van der Waals surface area contributed by atoms with Crippen molar-refractivity contribution in [2.24, 2.45) is 0 Å². The fourth-order valence-electron chi connectivity index (χ4n) is 3.71. The van der Waals surface area contributed by atoms with E-state index < -0.39 is 41.0 Å². The molecular weight excluding hydrogens is 407 g/mol. The van der Waals surface area contributed by atoms with Gasteiger partial charge in [0.15, 0.2) is 23.2 Å². The minimum atomic E-state index is -1.60. The lowest BCUT2D eigenvalue weighted by atomic mass is 9.94. The number of amides is 1. The monoisotopic (exact) mass is 422 g/mol. The molecule has 0 N–H and O–H groups in total. The van der Waals surface area contributed by atoms with Crippen LogP contribution in [0.3, 0.4) is 0 Å². The van der Waals surface area contributed by atoms with Crippen molar-refractivity contribution in [2.75, 3.05) is 6.54 Å². The molecule has 0 spiro atoms. The van der Waals surface area contributed by atoms with E-state index in [4.69, 9.17) is 4.52 Å². The third kappa shape index (κ3) is 3.44. The van der Waals surface area contributed by atoms with E-state index in [1.54, 1.807) is 6.92 Å². The van der Waals surface area contributed by atoms with Crippen molar-refractivity contribution < 1.29 is 31.3 Å². The zero-order chi connectivity index (χ0) is 21.6. The van der Waals surface area contributed by atoms with Crippen LogP contribution >= 0.6 is 0 Å². The van der Waals surface area contributed by atoms with Gasteiger partial charge in [-0.25, -0.2) is 22.0 Å². The Morgan fingerprint density at radius 1 is 1.10 bits per heavy atom. The molecule has 1 aromatic heterocycles. The summed E-state index contributed by atoms with van der Waals surface area (Å²) in [5, 5.41) is 3.94. The average molecular weight is 422 g/mol. The zero-order valence-corrected chi connectivity index (χ0v) is 15.7. The van der Waals surface area contributed by atoms with Crippen molar-refractivity contribution in [3.8, 4) is 11.3 Å². The maximum absolute atomic E-state index is 14.3. The van der Waals surface area contributed by atoms with Gasteiger partial charge < -0.3 is 9.42 Å². The van der Waals surface area contributed by atoms with Gasteiger partial charge in [0.1, 0.15) is 11.6 Å². The molecule has 0 saturated carbocycles. The molecule has 2 aromatic carbocycles. The Kier molecular flexibility index (Phi) is 5.05. The quantitative estimate of drug-likeness (QED) is 0.453. The zero-order valence-electron chi connectivity index (χ0n) is 15.7. The second-order valence-corrected chi connectivity index (χ2v) is 7.06. The third-order valence-corrected chi connectivity index (χ3v) is 5.17. The van der Waals surface area contributed by atoms with E-state index in [1.165, 1.54) is 11.0 Å². The van der Waals surface area contributed by atoms with Gasteiger partial charge in [0.25, 0.3) is 0 Å². The number of halogens is 5. The van der Waals surface area contributed by atoms with Crippen LogP contribution in [0, 0.1) is 29.1 Å². The van der Waals surface area contributed by atoms with Gasteiger partial charge in [-0.3, -0.25) is 4.79 Å². The first-order valence-corrected chi connectivity index (χ1v) is 9.13. The van der Waals surface area contributed by atoms with Crippen LogP contribution in [0.4, 0.5) is 22.0 Å². The normalized spacial score (nSPS) is 15.9. The molecule has 2 heterocycles. The maximum Gasteiger partial charge on any atom is 0.227 e. The Morgan fingerprint density at radius 3 is 2.47 bits per heavy atom. The molecule has 9 heteroatoms. The van der Waals surface area contributed by atoms with Gasteiger partial charge in [0, 0.05) is 24.6 Å². The molecule has 3 aromatic rings. The average Bonchev–Trinajstić information content (AvgIpc) is 3.11. The second kappa shape index (κ2) is 7.55. The molecule has 30 heavy (non-hydrogen) atoms. The highest BCUT2D eigenvalue weighted by Gasteiger charge is 2.34. The molecule has 0 bridgehead atoms. The van der Waals surface area contributed by atoms with E-state index in [0.717, 1.165) is 24.3 Å². The van der Waals surface area contributed by atoms with Crippen LogP contribution in [0.15, 0.2) is 34.9 Å². The summed E-state index contributed by atoms with van der Waals surface area (Å²) >= 11 is 0. The summed E-state index contributed by atoms with van der Waals surface area (Å²) < 4.78 is 72.8. The minimum Gasteiger partial charge on any atom is -0.356 e. The lowest BCUT2D eigenvalue weighted by molar-refractivity contribution is -0.133. The Hall–Kier alpha value is -3.23. The number of nitrogens with zero attached hydrogens (tertiary/aromatic N) is 2. The van der Waals surface area contributed by atoms with Gasteiger partial charge in [-0.2, -0.15) is 0 Å². The molecule has 1 unspecified atom stereocenters. The van der Waals surface area contributed by atoms with E-state index in [2.05, 4.69) is 5.16 Å². The summed E-state index contributed by atoms with van der Waals surface area (Å²) in [6.45, 7) is 1.95. The largest absolute Gasteiger partial charge is 0.356 e. The summed E-state index contributed by atoms with van der Waals surface area (Å²) in [4.78, 5) is 14.2. The Labute approximate surface area is 167 Å². The van der Waals surface area contributed by atoms with Crippen molar-refractivity contribution in [2.45, 2.75) is 25.8 Å². The summed E-state index contributed by atoms with van der Waals surface area (Å²) in [5.74, 6) is -6.29. The summed E-state index contributed by atoms with van der Waals surface area (Å²) in [6.07, 6.45) is -0.0246. The SMILES string of the molecule is CC1c2c(noc2-c2ccc(F)cc2F)CCN1C(=O)Cc1cc(F)c(F)c(F)c1. The highest BCUT2D eigenvalue weighted by atomic mass is 19.2. The highest BCUT2D eigenvalue weighted by molar-refractivity contribution is 5.80. The molecule has 4 rings (SSSR count). The van der Waals surface area contributed by atoms with Crippen LogP contribution in [-0.4, -0.2) is 22.5 Å². The van der Waals surface area contributed by atoms with Gasteiger partial charge >= 0.3 is 0 Å². The molecule has 0 fully saturated rings. The molecule has 1 amide bonds. The van der Waals surface area contributed by atoms with Crippen LogP contribution in [0.5, 0.6) is 0 Å². The third-order valence-electron chi connectivity index (χ3n) is 5.17. The van der Waals surface area contributed by atoms with Crippen molar-refractivity contribution in [3.05, 3.63) is 76.2 Å². The first-order chi connectivity index (χ1) is 14.3. The maximum atomic E-state index is 14.3. The minimum absolute atomic E-state index is 0.00831. The Morgan fingerprint density at radius 2 is 1.80 bits per heavy atom. The standard InChI is InChI=1S/C21H15F5N2O2/c1-10-19-17(27-30-21(19)13-3-2-12(22)9-14(13)23)4-5-28(10)18(29)8-11-6-15(24)20(26)16(25)7-11/h2-3,6-7,9-10H,4-5,8H2,1H3. The number of fused-ring (bicyclic) bond motifs is 1. The van der Waals surface area contributed by atoms with Crippen LogP contribution in [0.2, 0.25) is 0 Å². The van der Waals surface area contributed by atoms with Crippen molar-refractivity contribution >= 4 is 5.91 Å². The lowest BCUT2D eigenvalue weighted by Gasteiger charge is -2.33. The summed E-state index contributed by atoms with van der Waals surface area (Å²) in [5.41, 5.74) is 1.03. The first kappa shape index (κ1) is 20.1. The number of hydrogen-bond donors (Lipinski definition) is 0. The van der Waals surface area contributed by atoms with E-state index in [9.17, 15) is 26.7 Å². The van der Waals surface area contributed by atoms with E-state index in [1.807, 2.05) is 0 Å². The predicted octanol–water partition coefficient (Wildman–Crippen LogP) is 4.73. The van der Waals surface area contributed by atoms with Crippen LogP contribution in [0.25, 0.3) is 11.3 Å². The number of hydrogen-bond acceptors (Lipinski definition) is 3. The van der Waals surface area contributed by atoms with Crippen LogP contribution < -0.4 is 0 Å². The number of rotatable bonds is 3. The Bertz CT molecular complexity index is 1120. The number of aromatic nitrogens is 1. The van der Waals surface area contributed by atoms with E-state index in [-0.39, 0.29) is 29.9 Å². The fraction of sp³-hybridized carbons (Fsp3) is 0.238. The first-order valence-electron chi connectivity index (χ1n) is 9.13. The van der Waals surface area contributed by atoms with Gasteiger partial charge in [-0.15, -0.1) is 0 Å². The Balaban J connectivity index is 1.63. The van der Waals surface area contributed by atoms with Crippen LogP contribution in [-0.2, 0) is 17.6 Å². The van der Waals surface area contributed by atoms with Gasteiger partial charge in [-0.05, 0) is 36.8 Å². The molecule has 0 saturated heterocycles. The van der Waals surface area contributed by atoms with Crippen molar-refractivity contribution in [3.63, 3.8) is 0 Å². The summed E-state index contributed by atoms with van der Waals surface area (Å²) in [6, 6.07) is 3.99. The van der Waals surface area contributed by atoms with Crippen molar-refractivity contribution in [1.29, 1.82) is 0 Å². The van der Waals surface area contributed by atoms with Crippen LogP contribution in [0.1, 0.15) is 29.8 Å². The van der Waals surface area contributed by atoms with Gasteiger partial charge in [0.2, 0.25) is 5.91 Å². The second-order valence-electron chi connectivity index (χ2n) is 7.06. The molecule has 1 aliphatic rings. The topological polar surface area (TPSA) is 46.3 Å².